The molecular weight excluding hydrogens is 120 g/mol. The highest BCUT2D eigenvalue weighted by Gasteiger charge is 2.14. The molecule has 48 valence electrons. The van der Waals surface area contributed by atoms with Gasteiger partial charge in [-0.1, -0.05) is 13.0 Å². The van der Waals surface area contributed by atoms with E-state index in [2.05, 4.69) is 13.5 Å². The lowest BCUT2D eigenvalue weighted by Crippen LogP contribution is -2.12. The minimum absolute atomic E-state index is 0.0538. The SMILES string of the molecule is C=CCC(C)(Cl)CC. The molecule has 0 heterocycles. The fourth-order valence-electron chi connectivity index (χ4n) is 0.445. The molecule has 0 radical (unpaired) electrons. The van der Waals surface area contributed by atoms with Crippen LogP contribution in [0, 0.1) is 0 Å². The zero-order chi connectivity index (χ0) is 6.62. The molecule has 0 aromatic heterocycles. The summed E-state index contributed by atoms with van der Waals surface area (Å²) in [6.45, 7) is 7.71. The Hall–Kier alpha value is 0.0300. The van der Waals surface area contributed by atoms with Crippen molar-refractivity contribution < 1.29 is 0 Å². The van der Waals surface area contributed by atoms with Crippen molar-refractivity contribution in [1.29, 1.82) is 0 Å². The maximum Gasteiger partial charge on any atom is 0.0450 e. The first-order valence-electron chi connectivity index (χ1n) is 2.92. The average Bonchev–Trinajstić information content (AvgIpc) is 1.67. The van der Waals surface area contributed by atoms with E-state index in [4.69, 9.17) is 11.6 Å². The van der Waals surface area contributed by atoms with Gasteiger partial charge in [0.15, 0.2) is 0 Å². The van der Waals surface area contributed by atoms with E-state index in [1.54, 1.807) is 0 Å². The van der Waals surface area contributed by atoms with Crippen LogP contribution in [0.1, 0.15) is 26.7 Å². The Kier molecular flexibility index (Phi) is 3.15. The molecule has 0 aliphatic carbocycles. The Morgan fingerprint density at radius 2 is 2.25 bits per heavy atom. The van der Waals surface area contributed by atoms with E-state index in [-0.39, 0.29) is 4.87 Å². The molecule has 0 saturated carbocycles. The second-order valence-corrected chi connectivity index (χ2v) is 3.17. The summed E-state index contributed by atoms with van der Waals surface area (Å²) in [6, 6.07) is 0. The van der Waals surface area contributed by atoms with Crippen LogP contribution in [0.15, 0.2) is 12.7 Å². The zero-order valence-electron chi connectivity index (χ0n) is 5.58. The van der Waals surface area contributed by atoms with E-state index < -0.39 is 0 Å². The Bertz CT molecular complexity index is 74.5. The van der Waals surface area contributed by atoms with Crippen LogP contribution in [-0.2, 0) is 0 Å². The lowest BCUT2D eigenvalue weighted by atomic mass is 10.0. The summed E-state index contributed by atoms with van der Waals surface area (Å²) in [6.07, 6.45) is 3.75. The number of rotatable bonds is 3. The third-order valence-corrected chi connectivity index (χ3v) is 1.73. The van der Waals surface area contributed by atoms with Gasteiger partial charge in [-0.2, -0.15) is 0 Å². The van der Waals surface area contributed by atoms with Gasteiger partial charge in [-0.25, -0.2) is 0 Å². The topological polar surface area (TPSA) is 0 Å². The normalized spacial score (nSPS) is 17.4. The third kappa shape index (κ3) is 3.09. The van der Waals surface area contributed by atoms with Gasteiger partial charge in [0.2, 0.25) is 0 Å². The third-order valence-electron chi connectivity index (χ3n) is 1.31. The van der Waals surface area contributed by atoms with Crippen LogP contribution >= 0.6 is 11.6 Å². The summed E-state index contributed by atoms with van der Waals surface area (Å²) in [5.41, 5.74) is 0. The number of alkyl halides is 1. The average molecular weight is 133 g/mol. The number of allylic oxidation sites excluding steroid dienone is 1. The summed E-state index contributed by atoms with van der Waals surface area (Å²) >= 11 is 5.95. The van der Waals surface area contributed by atoms with Crippen molar-refractivity contribution in [1.82, 2.24) is 0 Å². The highest BCUT2D eigenvalue weighted by molar-refractivity contribution is 6.23. The fourth-order valence-corrected chi connectivity index (χ4v) is 0.554. The van der Waals surface area contributed by atoms with Crippen molar-refractivity contribution in [2.45, 2.75) is 31.6 Å². The van der Waals surface area contributed by atoms with E-state index in [0.717, 1.165) is 12.8 Å². The van der Waals surface area contributed by atoms with Gasteiger partial charge in [0.05, 0.1) is 0 Å². The summed E-state index contributed by atoms with van der Waals surface area (Å²) < 4.78 is 0. The van der Waals surface area contributed by atoms with Crippen molar-refractivity contribution in [2.75, 3.05) is 0 Å². The molecule has 0 aromatic rings. The maximum atomic E-state index is 5.95. The van der Waals surface area contributed by atoms with Crippen molar-refractivity contribution in [3.63, 3.8) is 0 Å². The van der Waals surface area contributed by atoms with Gasteiger partial charge in [0.1, 0.15) is 0 Å². The molecular formula is C7H13Cl. The lowest BCUT2D eigenvalue weighted by molar-refractivity contribution is 0.617. The summed E-state index contributed by atoms with van der Waals surface area (Å²) in [7, 11) is 0. The second kappa shape index (κ2) is 3.13. The van der Waals surface area contributed by atoms with E-state index in [1.165, 1.54) is 0 Å². The molecule has 0 aliphatic rings. The standard InChI is InChI=1S/C7H13Cl/c1-4-6-7(3,8)5-2/h4H,1,5-6H2,2-3H3. The molecule has 8 heavy (non-hydrogen) atoms. The van der Waals surface area contributed by atoms with Gasteiger partial charge in [0, 0.05) is 4.87 Å². The first kappa shape index (κ1) is 8.03. The van der Waals surface area contributed by atoms with Gasteiger partial charge >= 0.3 is 0 Å². The summed E-state index contributed by atoms with van der Waals surface area (Å²) in [4.78, 5) is -0.0538. The molecule has 0 N–H and O–H groups in total. The molecule has 0 fully saturated rings. The maximum absolute atomic E-state index is 5.95. The highest BCUT2D eigenvalue weighted by Crippen LogP contribution is 2.22. The number of hydrogen-bond donors (Lipinski definition) is 0. The van der Waals surface area contributed by atoms with Crippen LogP contribution in [0.2, 0.25) is 0 Å². The predicted molar refractivity (Wildman–Crippen MR) is 39.4 cm³/mol. The Balaban J connectivity index is 3.53. The largest absolute Gasteiger partial charge is 0.119 e. The van der Waals surface area contributed by atoms with Crippen molar-refractivity contribution in [2.24, 2.45) is 0 Å². The molecule has 0 aromatic carbocycles. The summed E-state index contributed by atoms with van der Waals surface area (Å²) in [5, 5.41) is 0. The molecule has 0 bridgehead atoms. The smallest absolute Gasteiger partial charge is 0.0450 e. The van der Waals surface area contributed by atoms with Crippen molar-refractivity contribution in [3.8, 4) is 0 Å². The van der Waals surface area contributed by atoms with E-state index in [1.807, 2.05) is 13.0 Å². The monoisotopic (exact) mass is 132 g/mol. The number of hydrogen-bond acceptors (Lipinski definition) is 0. The molecule has 0 aliphatic heterocycles. The molecule has 0 rings (SSSR count). The fraction of sp³-hybridized carbons (Fsp3) is 0.714. The molecule has 1 heteroatoms. The lowest BCUT2D eigenvalue weighted by Gasteiger charge is -2.16. The highest BCUT2D eigenvalue weighted by atomic mass is 35.5. The minimum Gasteiger partial charge on any atom is -0.119 e. The second-order valence-electron chi connectivity index (χ2n) is 2.26. The van der Waals surface area contributed by atoms with Crippen LogP contribution in [0.5, 0.6) is 0 Å². The van der Waals surface area contributed by atoms with Crippen LogP contribution in [0.4, 0.5) is 0 Å². The van der Waals surface area contributed by atoms with Gasteiger partial charge in [-0.05, 0) is 19.8 Å². The number of halogens is 1. The molecule has 1 atom stereocenters. The first-order valence-corrected chi connectivity index (χ1v) is 3.30. The Morgan fingerprint density at radius 1 is 1.75 bits per heavy atom. The van der Waals surface area contributed by atoms with Crippen LogP contribution in [0.25, 0.3) is 0 Å². The van der Waals surface area contributed by atoms with Gasteiger partial charge in [-0.3, -0.25) is 0 Å². The molecule has 0 nitrogen and oxygen atoms in total. The molecule has 1 unspecified atom stereocenters. The van der Waals surface area contributed by atoms with Crippen LogP contribution in [-0.4, -0.2) is 4.87 Å². The first-order chi connectivity index (χ1) is 3.62. The van der Waals surface area contributed by atoms with E-state index in [0.29, 0.717) is 0 Å². The minimum atomic E-state index is -0.0538. The Labute approximate surface area is 56.5 Å². The van der Waals surface area contributed by atoms with Crippen LogP contribution < -0.4 is 0 Å². The van der Waals surface area contributed by atoms with E-state index in [9.17, 15) is 0 Å². The summed E-state index contributed by atoms with van der Waals surface area (Å²) in [5.74, 6) is 0. The predicted octanol–water partition coefficient (Wildman–Crippen LogP) is 2.97. The van der Waals surface area contributed by atoms with Crippen molar-refractivity contribution >= 4 is 11.6 Å². The van der Waals surface area contributed by atoms with Crippen molar-refractivity contribution in [3.05, 3.63) is 12.7 Å². The molecule has 0 saturated heterocycles. The zero-order valence-corrected chi connectivity index (χ0v) is 6.33. The van der Waals surface area contributed by atoms with Gasteiger partial charge in [-0.15, -0.1) is 18.2 Å². The molecule has 0 spiro atoms. The van der Waals surface area contributed by atoms with Gasteiger partial charge in [0.25, 0.3) is 0 Å². The molecule has 0 amide bonds. The quantitative estimate of drug-likeness (QED) is 0.409. The van der Waals surface area contributed by atoms with Gasteiger partial charge < -0.3 is 0 Å². The van der Waals surface area contributed by atoms with Crippen LogP contribution in [0.3, 0.4) is 0 Å². The van der Waals surface area contributed by atoms with E-state index >= 15 is 0 Å². The Morgan fingerprint density at radius 3 is 2.38 bits per heavy atom.